The number of aryl methyl sites for hydroxylation is 2. The summed E-state index contributed by atoms with van der Waals surface area (Å²) in [6.07, 6.45) is 2.51. The summed E-state index contributed by atoms with van der Waals surface area (Å²) in [5, 5.41) is 12.4. The van der Waals surface area contributed by atoms with Crippen LogP contribution < -0.4 is 16.0 Å². The molecule has 0 saturated heterocycles. The number of amides is 3. The molecule has 3 amide bonds. The summed E-state index contributed by atoms with van der Waals surface area (Å²) >= 11 is 6.05. The van der Waals surface area contributed by atoms with Crippen LogP contribution in [0.3, 0.4) is 0 Å². The molecule has 0 aliphatic rings. The number of rotatable bonds is 6. The molecule has 0 aliphatic carbocycles. The maximum Gasteiger partial charge on any atom is 0.320 e. The highest BCUT2D eigenvalue weighted by atomic mass is 35.5. The van der Waals surface area contributed by atoms with E-state index in [9.17, 15) is 9.59 Å². The molecular formula is C16H20ClN5O2. The predicted molar refractivity (Wildman–Crippen MR) is 94.4 cm³/mol. The van der Waals surface area contributed by atoms with Gasteiger partial charge in [0.25, 0.3) is 0 Å². The van der Waals surface area contributed by atoms with Gasteiger partial charge in [-0.1, -0.05) is 24.6 Å². The largest absolute Gasteiger partial charge is 0.329 e. The van der Waals surface area contributed by atoms with Gasteiger partial charge >= 0.3 is 6.03 Å². The standard InChI is InChI=1S/C16H20ClN5O2/c1-3-8-22-14(6-7-19-22)21-16(24)18-10-15(23)20-13-5-4-11(2)9-12(13)17/h4-7,9H,3,8,10H2,1-2H3,(H,20,23)(H2,18,21,24). The molecule has 3 N–H and O–H groups in total. The summed E-state index contributed by atoms with van der Waals surface area (Å²) in [5.41, 5.74) is 1.51. The number of halogens is 1. The van der Waals surface area contributed by atoms with Crippen molar-refractivity contribution in [2.45, 2.75) is 26.8 Å². The van der Waals surface area contributed by atoms with Crippen LogP contribution >= 0.6 is 11.6 Å². The van der Waals surface area contributed by atoms with Crippen LogP contribution in [-0.4, -0.2) is 28.3 Å². The lowest BCUT2D eigenvalue weighted by Crippen LogP contribution is -2.36. The Bertz CT molecular complexity index is 729. The number of anilines is 2. The summed E-state index contributed by atoms with van der Waals surface area (Å²) in [6, 6.07) is 6.54. The van der Waals surface area contributed by atoms with Crippen LogP contribution in [-0.2, 0) is 11.3 Å². The Labute approximate surface area is 145 Å². The number of carbonyl (C=O) groups is 2. The Morgan fingerprint density at radius 3 is 2.75 bits per heavy atom. The maximum atomic E-state index is 11.9. The van der Waals surface area contributed by atoms with Crippen LogP contribution in [0.25, 0.3) is 0 Å². The second-order valence-electron chi connectivity index (χ2n) is 5.28. The van der Waals surface area contributed by atoms with Crippen LogP contribution in [0.4, 0.5) is 16.3 Å². The van der Waals surface area contributed by atoms with Crippen molar-refractivity contribution in [3.05, 3.63) is 41.0 Å². The molecule has 2 rings (SSSR count). The minimum absolute atomic E-state index is 0.169. The molecule has 0 saturated carbocycles. The molecule has 0 unspecified atom stereocenters. The number of aromatic nitrogens is 2. The van der Waals surface area contributed by atoms with Gasteiger partial charge in [-0.05, 0) is 31.0 Å². The number of carbonyl (C=O) groups excluding carboxylic acids is 2. The van der Waals surface area contributed by atoms with Gasteiger partial charge in [-0.2, -0.15) is 5.10 Å². The molecule has 1 aromatic heterocycles. The van der Waals surface area contributed by atoms with Gasteiger partial charge < -0.3 is 10.6 Å². The van der Waals surface area contributed by atoms with Crippen molar-refractivity contribution in [2.75, 3.05) is 17.2 Å². The SMILES string of the molecule is CCCn1nccc1NC(=O)NCC(=O)Nc1ccc(C)cc1Cl. The zero-order valence-corrected chi connectivity index (χ0v) is 14.4. The van der Waals surface area contributed by atoms with Crippen molar-refractivity contribution in [1.82, 2.24) is 15.1 Å². The Morgan fingerprint density at radius 1 is 1.25 bits per heavy atom. The van der Waals surface area contributed by atoms with Gasteiger partial charge in [-0.3, -0.25) is 10.1 Å². The quantitative estimate of drug-likeness (QED) is 0.749. The number of nitrogens with zero attached hydrogens (tertiary/aromatic N) is 2. The Hall–Kier alpha value is -2.54. The van der Waals surface area contributed by atoms with Crippen molar-refractivity contribution in [3.63, 3.8) is 0 Å². The van der Waals surface area contributed by atoms with Crippen LogP contribution in [0.15, 0.2) is 30.5 Å². The molecule has 0 aliphatic heterocycles. The fraction of sp³-hybridized carbons (Fsp3) is 0.312. The predicted octanol–water partition coefficient (Wildman–Crippen LogP) is 3.02. The minimum atomic E-state index is -0.474. The monoisotopic (exact) mass is 349 g/mol. The van der Waals surface area contributed by atoms with Crippen LogP contribution in [0.1, 0.15) is 18.9 Å². The zero-order valence-electron chi connectivity index (χ0n) is 13.6. The molecule has 7 nitrogen and oxygen atoms in total. The van der Waals surface area contributed by atoms with Gasteiger partial charge in [-0.25, -0.2) is 9.48 Å². The third kappa shape index (κ3) is 4.99. The van der Waals surface area contributed by atoms with Gasteiger partial charge in [0, 0.05) is 12.6 Å². The van der Waals surface area contributed by atoms with E-state index >= 15 is 0 Å². The second-order valence-corrected chi connectivity index (χ2v) is 5.69. The summed E-state index contributed by atoms with van der Waals surface area (Å²) in [5.74, 6) is 0.217. The smallest absolute Gasteiger partial charge is 0.320 e. The molecule has 24 heavy (non-hydrogen) atoms. The summed E-state index contributed by atoms with van der Waals surface area (Å²) < 4.78 is 1.69. The average molecular weight is 350 g/mol. The van der Waals surface area contributed by atoms with Crippen molar-refractivity contribution in [1.29, 1.82) is 0 Å². The summed E-state index contributed by atoms with van der Waals surface area (Å²) in [6.45, 7) is 4.46. The van der Waals surface area contributed by atoms with E-state index in [1.807, 2.05) is 19.9 Å². The molecule has 0 spiro atoms. The average Bonchev–Trinajstić information content (AvgIpc) is 2.95. The summed E-state index contributed by atoms with van der Waals surface area (Å²) in [4.78, 5) is 23.8. The Morgan fingerprint density at radius 2 is 2.04 bits per heavy atom. The fourth-order valence-corrected chi connectivity index (χ4v) is 2.35. The number of hydrogen-bond acceptors (Lipinski definition) is 3. The molecule has 1 aromatic carbocycles. The van der Waals surface area contributed by atoms with Crippen molar-refractivity contribution >= 4 is 35.0 Å². The van der Waals surface area contributed by atoms with Gasteiger partial charge in [0.2, 0.25) is 5.91 Å². The number of nitrogens with one attached hydrogen (secondary N) is 3. The number of hydrogen-bond donors (Lipinski definition) is 3. The van der Waals surface area contributed by atoms with E-state index in [0.29, 0.717) is 23.1 Å². The molecular weight excluding hydrogens is 330 g/mol. The van der Waals surface area contributed by atoms with E-state index in [1.54, 1.807) is 29.1 Å². The highest BCUT2D eigenvalue weighted by Crippen LogP contribution is 2.22. The lowest BCUT2D eigenvalue weighted by molar-refractivity contribution is -0.115. The normalized spacial score (nSPS) is 10.3. The first-order chi connectivity index (χ1) is 11.5. The molecule has 2 aromatic rings. The third-order valence-electron chi connectivity index (χ3n) is 3.20. The van der Waals surface area contributed by atoms with E-state index in [2.05, 4.69) is 21.0 Å². The second kappa shape index (κ2) is 8.35. The van der Waals surface area contributed by atoms with Gasteiger partial charge in [0.05, 0.1) is 23.5 Å². The number of benzene rings is 1. The molecule has 8 heteroatoms. The van der Waals surface area contributed by atoms with E-state index in [-0.39, 0.29) is 12.5 Å². The Balaban J connectivity index is 1.82. The molecule has 1 heterocycles. The molecule has 0 bridgehead atoms. The fourth-order valence-electron chi connectivity index (χ4n) is 2.07. The highest BCUT2D eigenvalue weighted by molar-refractivity contribution is 6.33. The van der Waals surface area contributed by atoms with Crippen LogP contribution in [0, 0.1) is 6.92 Å². The lowest BCUT2D eigenvalue weighted by Gasteiger charge is -2.10. The van der Waals surface area contributed by atoms with E-state index in [4.69, 9.17) is 11.6 Å². The van der Waals surface area contributed by atoms with Crippen molar-refractivity contribution in [3.8, 4) is 0 Å². The van der Waals surface area contributed by atoms with E-state index in [0.717, 1.165) is 12.0 Å². The third-order valence-corrected chi connectivity index (χ3v) is 3.51. The van der Waals surface area contributed by atoms with Crippen molar-refractivity contribution in [2.24, 2.45) is 0 Å². The van der Waals surface area contributed by atoms with Crippen LogP contribution in [0.5, 0.6) is 0 Å². The molecule has 128 valence electrons. The molecule has 0 radical (unpaired) electrons. The lowest BCUT2D eigenvalue weighted by atomic mass is 10.2. The molecule has 0 fully saturated rings. The van der Waals surface area contributed by atoms with Crippen LogP contribution in [0.2, 0.25) is 5.02 Å². The first-order valence-corrected chi connectivity index (χ1v) is 8.00. The highest BCUT2D eigenvalue weighted by Gasteiger charge is 2.10. The Kier molecular flexibility index (Phi) is 6.20. The van der Waals surface area contributed by atoms with E-state index < -0.39 is 6.03 Å². The topological polar surface area (TPSA) is 88.1 Å². The molecule has 0 atom stereocenters. The maximum absolute atomic E-state index is 11.9. The first-order valence-electron chi connectivity index (χ1n) is 7.62. The number of urea groups is 1. The van der Waals surface area contributed by atoms with E-state index in [1.165, 1.54) is 0 Å². The zero-order chi connectivity index (χ0) is 17.5. The van der Waals surface area contributed by atoms with Gasteiger partial charge in [0.1, 0.15) is 5.82 Å². The van der Waals surface area contributed by atoms with Gasteiger partial charge in [-0.15, -0.1) is 0 Å². The minimum Gasteiger partial charge on any atom is -0.329 e. The first kappa shape index (κ1) is 17.8. The van der Waals surface area contributed by atoms with Gasteiger partial charge in [0.15, 0.2) is 0 Å². The summed E-state index contributed by atoms with van der Waals surface area (Å²) in [7, 11) is 0. The van der Waals surface area contributed by atoms with Crippen molar-refractivity contribution < 1.29 is 9.59 Å².